The van der Waals surface area contributed by atoms with Crippen molar-refractivity contribution >= 4 is 52.4 Å². The zero-order valence-corrected chi connectivity index (χ0v) is 16.2. The Balaban J connectivity index is 0.00000182. The van der Waals surface area contributed by atoms with Crippen molar-refractivity contribution in [3.63, 3.8) is 0 Å². The molecule has 2 aromatic carbocycles. The largest absolute Gasteiger partial charge is 0.353 e. The molecule has 2 atom stereocenters. The van der Waals surface area contributed by atoms with Crippen LogP contribution in [0.4, 0.5) is 0 Å². The molecule has 2 unspecified atom stereocenters. The zero-order chi connectivity index (χ0) is 16.5. The molecule has 25 heavy (non-hydrogen) atoms. The average Bonchev–Trinajstić information content (AvgIpc) is 2.91. The van der Waals surface area contributed by atoms with E-state index in [1.54, 1.807) is 11.8 Å². The molecule has 2 bridgehead atoms. The molecule has 2 N–H and O–H groups in total. The first-order valence-corrected chi connectivity index (χ1v) is 9.91. The predicted molar refractivity (Wildman–Crippen MR) is 108 cm³/mol. The van der Waals surface area contributed by atoms with E-state index in [0.29, 0.717) is 23.9 Å². The fourth-order valence-electron chi connectivity index (χ4n) is 3.97. The van der Waals surface area contributed by atoms with Crippen LogP contribution in [0.2, 0.25) is 5.02 Å². The summed E-state index contributed by atoms with van der Waals surface area (Å²) in [5, 5.41) is 9.72. The number of hydrogen-bond donors (Lipinski definition) is 2. The molecule has 2 fully saturated rings. The van der Waals surface area contributed by atoms with Crippen molar-refractivity contribution in [3.8, 4) is 0 Å². The SMILES string of the molecule is Cl.O=C(CSc1cccc2cccc(Cl)c12)NC1CC2CCC(C1)N2. The van der Waals surface area contributed by atoms with Gasteiger partial charge >= 0.3 is 0 Å². The van der Waals surface area contributed by atoms with Crippen LogP contribution in [0.3, 0.4) is 0 Å². The van der Waals surface area contributed by atoms with Crippen molar-refractivity contribution in [2.24, 2.45) is 0 Å². The highest BCUT2D eigenvalue weighted by Gasteiger charge is 2.33. The lowest BCUT2D eigenvalue weighted by molar-refractivity contribution is -0.119. The topological polar surface area (TPSA) is 41.1 Å². The summed E-state index contributed by atoms with van der Waals surface area (Å²) in [6, 6.07) is 13.5. The molecule has 0 spiro atoms. The Morgan fingerprint density at radius 1 is 1.16 bits per heavy atom. The van der Waals surface area contributed by atoms with Crippen LogP contribution < -0.4 is 10.6 Å². The van der Waals surface area contributed by atoms with Crippen LogP contribution in [-0.2, 0) is 4.79 Å². The molecule has 2 aliphatic rings. The molecule has 2 aromatic rings. The standard InChI is InChI=1S/C19H21ClN2OS.ClH/c20-16-5-1-3-12-4-2-6-17(19(12)16)24-11-18(23)22-15-9-13-7-8-14(10-15)21-13;/h1-6,13-15,21H,7-11H2,(H,22,23);1H. The van der Waals surface area contributed by atoms with E-state index in [0.717, 1.165) is 33.5 Å². The van der Waals surface area contributed by atoms with Gasteiger partial charge in [0.1, 0.15) is 0 Å². The molecule has 0 radical (unpaired) electrons. The van der Waals surface area contributed by atoms with Gasteiger partial charge in [-0.15, -0.1) is 24.2 Å². The highest BCUT2D eigenvalue weighted by Crippen LogP contribution is 2.33. The van der Waals surface area contributed by atoms with Crippen LogP contribution in [0.15, 0.2) is 41.3 Å². The van der Waals surface area contributed by atoms with Gasteiger partial charge in [0.15, 0.2) is 0 Å². The van der Waals surface area contributed by atoms with E-state index in [1.165, 1.54) is 12.8 Å². The second-order valence-corrected chi connectivity index (χ2v) is 8.18. The first kappa shape index (κ1) is 18.8. The third kappa shape index (κ3) is 4.25. The number of thioether (sulfide) groups is 1. The molecular weight excluding hydrogens is 375 g/mol. The maximum Gasteiger partial charge on any atom is 0.230 e. The minimum Gasteiger partial charge on any atom is -0.353 e. The number of carbonyl (C=O) groups is 1. The molecule has 3 nitrogen and oxygen atoms in total. The van der Waals surface area contributed by atoms with Crippen molar-refractivity contribution in [2.45, 2.75) is 48.7 Å². The molecule has 2 heterocycles. The van der Waals surface area contributed by atoms with Gasteiger partial charge in [-0.25, -0.2) is 0 Å². The van der Waals surface area contributed by atoms with Crippen LogP contribution in [0, 0.1) is 0 Å². The van der Waals surface area contributed by atoms with Crippen molar-refractivity contribution in [2.75, 3.05) is 5.75 Å². The molecule has 0 aromatic heterocycles. The molecule has 134 valence electrons. The summed E-state index contributed by atoms with van der Waals surface area (Å²) in [4.78, 5) is 13.4. The van der Waals surface area contributed by atoms with Crippen molar-refractivity contribution in [1.82, 2.24) is 10.6 Å². The zero-order valence-electron chi connectivity index (χ0n) is 13.8. The molecular formula is C19H22Cl2N2OS. The number of amides is 1. The summed E-state index contributed by atoms with van der Waals surface area (Å²) in [6.45, 7) is 0. The van der Waals surface area contributed by atoms with Gasteiger partial charge in [0.25, 0.3) is 0 Å². The molecule has 1 amide bonds. The maximum atomic E-state index is 12.4. The van der Waals surface area contributed by atoms with E-state index in [9.17, 15) is 4.79 Å². The molecule has 2 aliphatic heterocycles. The van der Waals surface area contributed by atoms with Gasteiger partial charge in [-0.1, -0.05) is 35.9 Å². The Bertz CT molecular complexity index is 753. The lowest BCUT2D eigenvalue weighted by atomic mass is 10.00. The summed E-state index contributed by atoms with van der Waals surface area (Å²) in [5.74, 6) is 0.555. The lowest BCUT2D eigenvalue weighted by Gasteiger charge is -2.29. The lowest BCUT2D eigenvalue weighted by Crippen LogP contribution is -2.48. The average molecular weight is 397 g/mol. The Hall–Kier alpha value is -0.940. The monoisotopic (exact) mass is 396 g/mol. The van der Waals surface area contributed by atoms with E-state index in [1.807, 2.05) is 24.3 Å². The van der Waals surface area contributed by atoms with Gasteiger partial charge < -0.3 is 10.6 Å². The molecule has 0 saturated carbocycles. The third-order valence-corrected chi connectivity index (χ3v) is 6.39. The molecule has 6 heteroatoms. The van der Waals surface area contributed by atoms with E-state index in [2.05, 4.69) is 22.8 Å². The van der Waals surface area contributed by atoms with E-state index in [4.69, 9.17) is 11.6 Å². The normalized spacial score (nSPS) is 24.8. The van der Waals surface area contributed by atoms with E-state index < -0.39 is 0 Å². The first-order valence-electron chi connectivity index (χ1n) is 8.54. The number of nitrogens with one attached hydrogen (secondary N) is 2. The number of carbonyl (C=O) groups excluding carboxylic acids is 1. The Morgan fingerprint density at radius 3 is 2.56 bits per heavy atom. The van der Waals surface area contributed by atoms with Gasteiger partial charge in [0, 0.05) is 33.4 Å². The smallest absolute Gasteiger partial charge is 0.230 e. The molecule has 0 aliphatic carbocycles. The van der Waals surface area contributed by atoms with Crippen molar-refractivity contribution in [1.29, 1.82) is 0 Å². The van der Waals surface area contributed by atoms with E-state index >= 15 is 0 Å². The van der Waals surface area contributed by atoms with Crippen molar-refractivity contribution in [3.05, 3.63) is 41.4 Å². The minimum absolute atomic E-state index is 0. The third-order valence-electron chi connectivity index (χ3n) is 5.01. The maximum absolute atomic E-state index is 12.4. The van der Waals surface area contributed by atoms with Crippen molar-refractivity contribution < 1.29 is 4.79 Å². The van der Waals surface area contributed by atoms with Crippen LogP contribution in [0.25, 0.3) is 10.8 Å². The second kappa shape index (κ2) is 8.17. The fourth-order valence-corrected chi connectivity index (χ4v) is 5.23. The fraction of sp³-hybridized carbons (Fsp3) is 0.421. The Kier molecular flexibility index (Phi) is 6.16. The first-order chi connectivity index (χ1) is 11.7. The summed E-state index contributed by atoms with van der Waals surface area (Å²) < 4.78 is 0. The number of fused-ring (bicyclic) bond motifs is 3. The molecule has 4 rings (SSSR count). The van der Waals surface area contributed by atoms with Crippen LogP contribution in [0.1, 0.15) is 25.7 Å². The van der Waals surface area contributed by atoms with Gasteiger partial charge in [-0.3, -0.25) is 4.79 Å². The summed E-state index contributed by atoms with van der Waals surface area (Å²) in [7, 11) is 0. The number of hydrogen-bond acceptors (Lipinski definition) is 3. The van der Waals surface area contributed by atoms with Crippen LogP contribution >= 0.6 is 35.8 Å². The Morgan fingerprint density at radius 2 is 1.84 bits per heavy atom. The molecule has 2 saturated heterocycles. The van der Waals surface area contributed by atoms with E-state index in [-0.39, 0.29) is 18.3 Å². The number of benzene rings is 2. The van der Waals surface area contributed by atoms with Crippen LogP contribution in [0.5, 0.6) is 0 Å². The van der Waals surface area contributed by atoms with Gasteiger partial charge in [0.2, 0.25) is 5.91 Å². The number of rotatable bonds is 4. The number of piperidine rings is 1. The predicted octanol–water partition coefficient (Wildman–Crippen LogP) is 4.41. The quantitative estimate of drug-likeness (QED) is 0.752. The van der Waals surface area contributed by atoms with Gasteiger partial charge in [-0.2, -0.15) is 0 Å². The minimum atomic E-state index is 0. The summed E-state index contributed by atoms with van der Waals surface area (Å²) in [5.41, 5.74) is 0. The van der Waals surface area contributed by atoms with Crippen LogP contribution in [-0.4, -0.2) is 29.8 Å². The van der Waals surface area contributed by atoms with Gasteiger partial charge in [0.05, 0.1) is 5.75 Å². The highest BCUT2D eigenvalue weighted by atomic mass is 35.5. The highest BCUT2D eigenvalue weighted by molar-refractivity contribution is 8.00. The summed E-state index contributed by atoms with van der Waals surface area (Å²) in [6.07, 6.45) is 4.63. The van der Waals surface area contributed by atoms with Gasteiger partial charge in [-0.05, 0) is 43.2 Å². The number of halogens is 2. The summed E-state index contributed by atoms with van der Waals surface area (Å²) >= 11 is 7.92. The Labute approximate surface area is 163 Å². The second-order valence-electron chi connectivity index (χ2n) is 6.76.